The lowest BCUT2D eigenvalue weighted by atomic mass is 10.1. The number of rotatable bonds is 1. The van der Waals surface area contributed by atoms with Crippen molar-refractivity contribution in [2.75, 3.05) is 0 Å². The molecule has 0 N–H and O–H groups in total. The molecule has 1 aromatic carbocycles. The molecule has 20 heavy (non-hydrogen) atoms. The van der Waals surface area contributed by atoms with Gasteiger partial charge in [-0.2, -0.15) is 0 Å². The maximum Gasteiger partial charge on any atom is 0.0891 e. The van der Waals surface area contributed by atoms with Gasteiger partial charge in [-0.1, -0.05) is 67.7 Å². The molecule has 0 atom stereocenters. The average Bonchev–Trinajstić information content (AvgIpc) is 2.97. The van der Waals surface area contributed by atoms with E-state index in [2.05, 4.69) is 42.6 Å². The third-order valence-corrected chi connectivity index (χ3v) is 10.8. The van der Waals surface area contributed by atoms with E-state index in [0.29, 0.717) is 0 Å². The minimum Gasteiger partial charge on any atom is -0.256 e. The first-order chi connectivity index (χ1) is 9.87. The normalized spacial score (nSPS) is 20.0. The summed E-state index contributed by atoms with van der Waals surface area (Å²) >= 11 is 0. The molecule has 1 aromatic heterocycles. The number of aromatic nitrogens is 1. The Balaban J connectivity index is 1.78. The van der Waals surface area contributed by atoms with Gasteiger partial charge in [0.2, 0.25) is 0 Å². The highest BCUT2D eigenvalue weighted by Gasteiger charge is 2.41. The lowest BCUT2D eigenvalue weighted by Crippen LogP contribution is -2.49. The fourth-order valence-corrected chi connectivity index (χ4v) is 9.75. The van der Waals surface area contributed by atoms with Gasteiger partial charge in [0.05, 0.1) is 13.8 Å². The van der Waals surface area contributed by atoms with Crippen LogP contribution in [0.3, 0.4) is 0 Å². The van der Waals surface area contributed by atoms with E-state index < -0.39 is 8.07 Å². The molecule has 0 unspecified atom stereocenters. The lowest BCUT2D eigenvalue weighted by molar-refractivity contribution is 0.879. The summed E-state index contributed by atoms with van der Waals surface area (Å²) in [7, 11) is -1.13. The Hall–Kier alpha value is -1.41. The first-order valence-electron chi connectivity index (χ1n) is 7.92. The van der Waals surface area contributed by atoms with Gasteiger partial charge in [0.25, 0.3) is 0 Å². The number of hydrogen-bond donors (Lipinski definition) is 0. The SMILES string of the molecule is c1ccc(-c2cc3c(cn2)[Si]2(CCCC2)CCC3)cc1. The van der Waals surface area contributed by atoms with Crippen molar-refractivity contribution in [3.63, 3.8) is 0 Å². The van der Waals surface area contributed by atoms with Gasteiger partial charge in [0.1, 0.15) is 0 Å². The summed E-state index contributed by atoms with van der Waals surface area (Å²) in [5.74, 6) is 0. The standard InChI is InChI=1S/C18H21NSi/c1-2-7-15(8-3-1)17-13-16-9-6-12-20(10-4-5-11-20)18(16)14-19-17/h1-3,7-8,13-14H,4-6,9-12H2. The van der Waals surface area contributed by atoms with Crippen molar-refractivity contribution >= 4 is 13.3 Å². The molecule has 0 bridgehead atoms. The fraction of sp³-hybridized carbons (Fsp3) is 0.389. The largest absolute Gasteiger partial charge is 0.256 e. The van der Waals surface area contributed by atoms with Crippen molar-refractivity contribution < 1.29 is 0 Å². The molecule has 1 nitrogen and oxygen atoms in total. The van der Waals surface area contributed by atoms with Gasteiger partial charge in [0.15, 0.2) is 0 Å². The van der Waals surface area contributed by atoms with Crippen LogP contribution >= 0.6 is 0 Å². The zero-order valence-electron chi connectivity index (χ0n) is 11.9. The molecule has 102 valence electrons. The molecular formula is C18H21NSi. The summed E-state index contributed by atoms with van der Waals surface area (Å²) in [5, 5.41) is 1.71. The van der Waals surface area contributed by atoms with Gasteiger partial charge in [-0.3, -0.25) is 4.98 Å². The van der Waals surface area contributed by atoms with Crippen molar-refractivity contribution in [1.82, 2.24) is 4.98 Å². The highest BCUT2D eigenvalue weighted by molar-refractivity contribution is 6.92. The molecule has 3 heterocycles. The number of pyridine rings is 1. The molecule has 0 radical (unpaired) electrons. The minimum absolute atomic E-state index is 1.13. The Kier molecular flexibility index (Phi) is 2.99. The molecule has 0 saturated carbocycles. The molecule has 0 amide bonds. The minimum atomic E-state index is -1.13. The molecule has 0 aliphatic carbocycles. The first-order valence-corrected chi connectivity index (χ1v) is 10.5. The number of nitrogens with zero attached hydrogens (tertiary/aromatic N) is 1. The van der Waals surface area contributed by atoms with Gasteiger partial charge in [-0.15, -0.1) is 0 Å². The van der Waals surface area contributed by atoms with Gasteiger partial charge >= 0.3 is 0 Å². The maximum atomic E-state index is 4.82. The molecule has 2 aliphatic heterocycles. The fourth-order valence-electron chi connectivity index (χ4n) is 4.27. The van der Waals surface area contributed by atoms with Crippen LogP contribution in [0.2, 0.25) is 18.1 Å². The maximum absolute atomic E-state index is 4.82. The predicted molar refractivity (Wildman–Crippen MR) is 87.0 cm³/mol. The molecule has 1 fully saturated rings. The van der Waals surface area contributed by atoms with Crippen LogP contribution in [0, 0.1) is 0 Å². The van der Waals surface area contributed by atoms with E-state index in [1.807, 2.05) is 0 Å². The van der Waals surface area contributed by atoms with Crippen LogP contribution in [-0.2, 0) is 6.42 Å². The van der Waals surface area contributed by atoms with Crippen LogP contribution in [0.25, 0.3) is 11.3 Å². The monoisotopic (exact) mass is 279 g/mol. The molecule has 1 saturated heterocycles. The van der Waals surface area contributed by atoms with Gasteiger partial charge in [-0.25, -0.2) is 0 Å². The van der Waals surface area contributed by atoms with E-state index in [9.17, 15) is 0 Å². The van der Waals surface area contributed by atoms with Gasteiger partial charge in [-0.05, 0) is 23.2 Å². The van der Waals surface area contributed by atoms with Crippen molar-refractivity contribution in [2.24, 2.45) is 0 Å². The average molecular weight is 279 g/mol. The van der Waals surface area contributed by atoms with Crippen LogP contribution in [0.5, 0.6) is 0 Å². The number of aryl methyl sites for hydroxylation is 1. The van der Waals surface area contributed by atoms with E-state index in [-0.39, 0.29) is 0 Å². The summed E-state index contributed by atoms with van der Waals surface area (Å²) in [6.45, 7) is 0. The van der Waals surface area contributed by atoms with E-state index in [4.69, 9.17) is 4.98 Å². The summed E-state index contributed by atoms with van der Waals surface area (Å²) in [4.78, 5) is 4.82. The third-order valence-electron chi connectivity index (χ3n) is 5.29. The zero-order chi connectivity index (χ0) is 13.4. The van der Waals surface area contributed by atoms with Crippen molar-refractivity contribution in [2.45, 2.75) is 43.8 Å². The van der Waals surface area contributed by atoms with Gasteiger partial charge in [0, 0.05) is 11.8 Å². The summed E-state index contributed by atoms with van der Waals surface area (Å²) in [5.41, 5.74) is 4.04. The Bertz CT molecular complexity index is 615. The second-order valence-electron chi connectivity index (χ2n) is 6.43. The topological polar surface area (TPSA) is 12.9 Å². The van der Waals surface area contributed by atoms with E-state index in [0.717, 1.165) is 5.69 Å². The van der Waals surface area contributed by atoms with Crippen LogP contribution in [0.15, 0.2) is 42.6 Å². The Morgan fingerprint density at radius 1 is 0.900 bits per heavy atom. The van der Waals surface area contributed by atoms with E-state index in [1.165, 1.54) is 49.4 Å². The number of hydrogen-bond acceptors (Lipinski definition) is 1. The quantitative estimate of drug-likeness (QED) is 0.715. The Labute approximate surface area is 122 Å². The van der Waals surface area contributed by atoms with Crippen molar-refractivity contribution in [1.29, 1.82) is 0 Å². The Morgan fingerprint density at radius 2 is 1.65 bits per heavy atom. The second kappa shape index (κ2) is 4.85. The lowest BCUT2D eigenvalue weighted by Gasteiger charge is -2.33. The van der Waals surface area contributed by atoms with E-state index in [1.54, 1.807) is 10.8 Å². The van der Waals surface area contributed by atoms with E-state index >= 15 is 0 Å². The van der Waals surface area contributed by atoms with Crippen molar-refractivity contribution in [3.05, 3.63) is 48.2 Å². The van der Waals surface area contributed by atoms with Crippen LogP contribution < -0.4 is 5.19 Å². The molecule has 2 aromatic rings. The molecule has 4 rings (SSSR count). The highest BCUT2D eigenvalue weighted by atomic mass is 28.3. The third kappa shape index (κ3) is 1.94. The molecule has 2 heteroatoms. The molecule has 2 aliphatic rings. The van der Waals surface area contributed by atoms with Gasteiger partial charge < -0.3 is 0 Å². The zero-order valence-corrected chi connectivity index (χ0v) is 12.9. The van der Waals surface area contributed by atoms with Crippen LogP contribution in [0.1, 0.15) is 24.8 Å². The smallest absolute Gasteiger partial charge is 0.0891 e. The number of benzene rings is 1. The molecule has 1 spiro atoms. The Morgan fingerprint density at radius 3 is 2.45 bits per heavy atom. The predicted octanol–water partition coefficient (Wildman–Crippen LogP) is 4.14. The van der Waals surface area contributed by atoms with Crippen LogP contribution in [-0.4, -0.2) is 13.1 Å². The second-order valence-corrected chi connectivity index (χ2v) is 11.0. The highest BCUT2D eigenvalue weighted by Crippen LogP contribution is 2.38. The van der Waals surface area contributed by atoms with Crippen LogP contribution in [0.4, 0.5) is 0 Å². The summed E-state index contributed by atoms with van der Waals surface area (Å²) in [6, 6.07) is 17.6. The summed E-state index contributed by atoms with van der Waals surface area (Å²) in [6.07, 6.45) is 7.87. The first kappa shape index (κ1) is 12.3. The van der Waals surface area contributed by atoms with Crippen molar-refractivity contribution in [3.8, 4) is 11.3 Å². The molecular weight excluding hydrogens is 258 g/mol. The number of fused-ring (bicyclic) bond motifs is 2. The summed E-state index contributed by atoms with van der Waals surface area (Å²) < 4.78 is 0.